The fourth-order valence-electron chi connectivity index (χ4n) is 3.15. The number of ether oxygens (including phenoxy) is 3. The van der Waals surface area contributed by atoms with Gasteiger partial charge >= 0.3 is 6.01 Å². The quantitative estimate of drug-likeness (QED) is 0.619. The van der Waals surface area contributed by atoms with Crippen LogP contribution in [0.25, 0.3) is 22.6 Å². The summed E-state index contributed by atoms with van der Waals surface area (Å²) < 4.78 is 30.7. The molecule has 0 spiro atoms. The van der Waals surface area contributed by atoms with Gasteiger partial charge in [0.25, 0.3) is 0 Å². The zero-order valence-electron chi connectivity index (χ0n) is 17.6. The van der Waals surface area contributed by atoms with E-state index in [4.69, 9.17) is 14.2 Å². The molecule has 1 aliphatic rings. The third kappa shape index (κ3) is 4.73. The van der Waals surface area contributed by atoms with Crippen LogP contribution in [0.5, 0.6) is 6.01 Å². The standard InChI is InChI=1S/C22H25FN4O4/c1-13(2)31-21-24-9-8-16(25-21)18-17(14-4-6-15(23)7-5-14)26-19(27-18)20-29-11-22(3,10-28)12-30-20/h4-9,13,20,28H,10-12H2,1-3H3,(H,26,27). The lowest BCUT2D eigenvalue weighted by Gasteiger charge is -2.35. The highest BCUT2D eigenvalue weighted by Crippen LogP contribution is 2.35. The molecule has 3 heterocycles. The first-order chi connectivity index (χ1) is 14.9. The summed E-state index contributed by atoms with van der Waals surface area (Å²) in [5, 5.41) is 9.52. The van der Waals surface area contributed by atoms with Crippen LogP contribution in [0.1, 0.15) is 32.9 Å². The Labute approximate surface area is 179 Å². The third-order valence-corrected chi connectivity index (χ3v) is 4.84. The van der Waals surface area contributed by atoms with Crippen molar-refractivity contribution in [3.8, 4) is 28.7 Å². The van der Waals surface area contributed by atoms with Crippen molar-refractivity contribution in [3.05, 3.63) is 48.2 Å². The lowest BCUT2D eigenvalue weighted by Crippen LogP contribution is -2.39. The van der Waals surface area contributed by atoms with E-state index in [1.165, 1.54) is 12.1 Å². The van der Waals surface area contributed by atoms with Gasteiger partial charge in [-0.05, 0) is 44.2 Å². The average Bonchev–Trinajstić information content (AvgIpc) is 3.20. The molecule has 0 radical (unpaired) electrons. The van der Waals surface area contributed by atoms with Crippen LogP contribution in [-0.2, 0) is 9.47 Å². The smallest absolute Gasteiger partial charge is 0.317 e. The van der Waals surface area contributed by atoms with E-state index in [9.17, 15) is 9.50 Å². The highest BCUT2D eigenvalue weighted by Gasteiger charge is 2.34. The molecule has 0 saturated carbocycles. The summed E-state index contributed by atoms with van der Waals surface area (Å²) in [6.07, 6.45) is 0.810. The number of aliphatic hydroxyl groups excluding tert-OH is 1. The molecule has 4 rings (SSSR count). The maximum Gasteiger partial charge on any atom is 0.317 e. The molecular weight excluding hydrogens is 403 g/mol. The van der Waals surface area contributed by atoms with Crippen LogP contribution < -0.4 is 4.74 Å². The van der Waals surface area contributed by atoms with Crippen molar-refractivity contribution in [2.45, 2.75) is 33.2 Å². The predicted molar refractivity (Wildman–Crippen MR) is 111 cm³/mol. The van der Waals surface area contributed by atoms with Crippen molar-refractivity contribution in [3.63, 3.8) is 0 Å². The molecule has 2 N–H and O–H groups in total. The van der Waals surface area contributed by atoms with E-state index in [1.54, 1.807) is 24.4 Å². The highest BCUT2D eigenvalue weighted by atomic mass is 19.1. The number of H-pyrrole nitrogens is 1. The number of halogens is 1. The van der Waals surface area contributed by atoms with E-state index < -0.39 is 11.7 Å². The molecular formula is C22H25FN4O4. The van der Waals surface area contributed by atoms with Crippen molar-refractivity contribution >= 4 is 0 Å². The largest absolute Gasteiger partial charge is 0.461 e. The average molecular weight is 428 g/mol. The molecule has 8 nitrogen and oxygen atoms in total. The SMILES string of the molecule is CC(C)Oc1nccc(-c2[nH]c(C3OCC(C)(CO)CO3)nc2-c2ccc(F)cc2)n1. The maximum absolute atomic E-state index is 13.5. The topological polar surface area (TPSA) is 102 Å². The molecule has 0 atom stereocenters. The van der Waals surface area contributed by atoms with Crippen molar-refractivity contribution in [2.75, 3.05) is 19.8 Å². The van der Waals surface area contributed by atoms with E-state index >= 15 is 0 Å². The Balaban J connectivity index is 1.72. The summed E-state index contributed by atoms with van der Waals surface area (Å²) in [4.78, 5) is 16.6. The number of benzene rings is 1. The monoisotopic (exact) mass is 428 g/mol. The second-order valence-corrected chi connectivity index (χ2v) is 8.17. The molecule has 2 aromatic heterocycles. The van der Waals surface area contributed by atoms with E-state index in [0.29, 0.717) is 41.7 Å². The van der Waals surface area contributed by atoms with Gasteiger partial charge in [0.2, 0.25) is 6.29 Å². The van der Waals surface area contributed by atoms with Crippen molar-refractivity contribution in [1.29, 1.82) is 0 Å². The van der Waals surface area contributed by atoms with Crippen LogP contribution in [0.4, 0.5) is 4.39 Å². The molecule has 1 saturated heterocycles. The Bertz CT molecular complexity index is 1030. The number of aromatic amines is 1. The molecule has 3 aromatic rings. The second kappa shape index (κ2) is 8.70. The van der Waals surface area contributed by atoms with Gasteiger partial charge in [0.15, 0.2) is 5.82 Å². The lowest BCUT2D eigenvalue weighted by molar-refractivity contribution is -0.239. The number of imidazole rings is 1. The molecule has 1 aromatic carbocycles. The zero-order valence-corrected chi connectivity index (χ0v) is 17.6. The number of hydrogen-bond donors (Lipinski definition) is 2. The Morgan fingerprint density at radius 1 is 1.19 bits per heavy atom. The molecule has 164 valence electrons. The lowest BCUT2D eigenvalue weighted by atomic mass is 9.94. The van der Waals surface area contributed by atoms with Gasteiger partial charge in [0.05, 0.1) is 43.0 Å². The van der Waals surface area contributed by atoms with Crippen LogP contribution in [0, 0.1) is 11.2 Å². The van der Waals surface area contributed by atoms with Gasteiger partial charge < -0.3 is 24.3 Å². The number of aliphatic hydroxyl groups is 1. The van der Waals surface area contributed by atoms with Gasteiger partial charge in [-0.3, -0.25) is 0 Å². The van der Waals surface area contributed by atoms with E-state index in [-0.39, 0.29) is 24.5 Å². The minimum absolute atomic E-state index is 0.0382. The number of nitrogens with zero attached hydrogens (tertiary/aromatic N) is 3. The van der Waals surface area contributed by atoms with Crippen molar-refractivity contribution in [1.82, 2.24) is 19.9 Å². The van der Waals surface area contributed by atoms with Gasteiger partial charge in [0, 0.05) is 17.2 Å². The first kappa shape index (κ1) is 21.4. The fraction of sp³-hybridized carbons (Fsp3) is 0.409. The third-order valence-electron chi connectivity index (χ3n) is 4.84. The predicted octanol–water partition coefficient (Wildman–Crippen LogP) is 3.50. The summed E-state index contributed by atoms with van der Waals surface area (Å²) in [5.41, 5.74) is 2.01. The molecule has 0 bridgehead atoms. The normalized spacial score (nSPS) is 21.4. The maximum atomic E-state index is 13.5. The number of aromatic nitrogens is 4. The van der Waals surface area contributed by atoms with Gasteiger partial charge in [-0.1, -0.05) is 6.92 Å². The van der Waals surface area contributed by atoms with Crippen LogP contribution in [0.15, 0.2) is 36.5 Å². The molecule has 1 aliphatic heterocycles. The van der Waals surface area contributed by atoms with Crippen LogP contribution in [0.2, 0.25) is 0 Å². The molecule has 0 aliphatic carbocycles. The highest BCUT2D eigenvalue weighted by molar-refractivity contribution is 5.76. The Hall–Kier alpha value is -2.88. The first-order valence-electron chi connectivity index (χ1n) is 10.1. The van der Waals surface area contributed by atoms with Gasteiger partial charge in [-0.25, -0.2) is 14.4 Å². The van der Waals surface area contributed by atoms with Crippen molar-refractivity contribution < 1.29 is 23.7 Å². The Kier molecular flexibility index (Phi) is 5.99. The molecule has 0 unspecified atom stereocenters. The molecule has 9 heteroatoms. The number of nitrogens with one attached hydrogen (secondary N) is 1. The minimum Gasteiger partial charge on any atom is -0.461 e. The summed E-state index contributed by atoms with van der Waals surface area (Å²) in [6.45, 7) is 6.30. The summed E-state index contributed by atoms with van der Waals surface area (Å²) >= 11 is 0. The van der Waals surface area contributed by atoms with E-state index in [2.05, 4.69) is 19.9 Å². The van der Waals surface area contributed by atoms with Crippen molar-refractivity contribution in [2.24, 2.45) is 5.41 Å². The first-order valence-corrected chi connectivity index (χ1v) is 10.1. The van der Waals surface area contributed by atoms with Gasteiger partial charge in [-0.2, -0.15) is 4.98 Å². The molecule has 1 fully saturated rings. The van der Waals surface area contributed by atoms with E-state index in [0.717, 1.165) is 0 Å². The summed E-state index contributed by atoms with van der Waals surface area (Å²) in [7, 11) is 0. The van der Waals surface area contributed by atoms with Crippen LogP contribution >= 0.6 is 0 Å². The fourth-order valence-corrected chi connectivity index (χ4v) is 3.15. The molecule has 0 amide bonds. The Morgan fingerprint density at radius 3 is 2.55 bits per heavy atom. The minimum atomic E-state index is -0.721. The molecule has 31 heavy (non-hydrogen) atoms. The van der Waals surface area contributed by atoms with E-state index in [1.807, 2.05) is 20.8 Å². The zero-order chi connectivity index (χ0) is 22.0. The number of hydrogen-bond acceptors (Lipinski definition) is 7. The summed E-state index contributed by atoms with van der Waals surface area (Å²) in [5.74, 6) is 0.122. The van der Waals surface area contributed by atoms with Crippen LogP contribution in [-0.4, -0.2) is 51.0 Å². The van der Waals surface area contributed by atoms with Gasteiger partial charge in [-0.15, -0.1) is 0 Å². The van der Waals surface area contributed by atoms with Gasteiger partial charge in [0.1, 0.15) is 5.82 Å². The summed E-state index contributed by atoms with van der Waals surface area (Å²) in [6, 6.07) is 8.04. The second-order valence-electron chi connectivity index (χ2n) is 8.17. The Morgan fingerprint density at radius 2 is 1.90 bits per heavy atom. The van der Waals surface area contributed by atoms with Crippen LogP contribution in [0.3, 0.4) is 0 Å². The number of rotatable bonds is 6.